The minimum Gasteiger partial charge on any atom is -0.494 e. The quantitative estimate of drug-likeness (QED) is 0.459. The standard InChI is InChI=1S/C29H32N2O4/c32-27(18-20-4-7-26-23(17-20)3-1-14-30-26)31-15-2-16-35-24-6-5-21-8-11-29(25(21)19-24)12-9-22(10-13-29)28(33)34/h1,3-7,14,17,19,22H,2,8-13,15-16,18H2,(H,31,32)(H,33,34). The second-order valence-corrected chi connectivity index (χ2v) is 9.97. The Morgan fingerprint density at radius 3 is 2.77 bits per heavy atom. The molecular formula is C29H32N2O4. The number of benzene rings is 2. The second-order valence-electron chi connectivity index (χ2n) is 9.97. The maximum absolute atomic E-state index is 12.3. The number of aryl methyl sites for hydroxylation is 1. The molecule has 0 aliphatic heterocycles. The van der Waals surface area contributed by atoms with E-state index >= 15 is 0 Å². The van der Waals surface area contributed by atoms with Crippen molar-refractivity contribution in [2.24, 2.45) is 5.92 Å². The number of aromatic nitrogens is 1. The van der Waals surface area contributed by atoms with E-state index in [9.17, 15) is 14.7 Å². The van der Waals surface area contributed by atoms with Crippen molar-refractivity contribution in [2.45, 2.75) is 56.8 Å². The Balaban J connectivity index is 1.08. The van der Waals surface area contributed by atoms with Crippen LogP contribution in [0.1, 0.15) is 55.2 Å². The normalized spacial score (nSPS) is 21.1. The number of pyridine rings is 1. The molecule has 182 valence electrons. The molecule has 2 N–H and O–H groups in total. The summed E-state index contributed by atoms with van der Waals surface area (Å²) in [4.78, 5) is 28.0. The molecule has 0 unspecified atom stereocenters. The summed E-state index contributed by atoms with van der Waals surface area (Å²) in [6.07, 6.45) is 8.43. The Hall–Kier alpha value is -3.41. The highest BCUT2D eigenvalue weighted by Gasteiger charge is 2.43. The zero-order chi connectivity index (χ0) is 24.3. The van der Waals surface area contributed by atoms with Crippen LogP contribution in [0.2, 0.25) is 0 Å². The number of amides is 1. The third-order valence-corrected chi connectivity index (χ3v) is 7.76. The van der Waals surface area contributed by atoms with Gasteiger partial charge in [0, 0.05) is 18.1 Å². The molecule has 6 nitrogen and oxygen atoms in total. The molecule has 2 aliphatic rings. The van der Waals surface area contributed by atoms with Crippen LogP contribution in [0.4, 0.5) is 0 Å². The molecule has 1 fully saturated rings. The van der Waals surface area contributed by atoms with Gasteiger partial charge in [-0.05, 0) is 97.4 Å². The molecular weight excluding hydrogens is 440 g/mol. The molecule has 1 saturated carbocycles. The third kappa shape index (κ3) is 5.16. The molecule has 1 aromatic heterocycles. The van der Waals surface area contributed by atoms with Crippen molar-refractivity contribution < 1.29 is 19.4 Å². The van der Waals surface area contributed by atoms with Crippen molar-refractivity contribution in [3.05, 3.63) is 71.4 Å². The highest BCUT2D eigenvalue weighted by Crippen LogP contribution is 2.50. The van der Waals surface area contributed by atoms with Crippen molar-refractivity contribution in [2.75, 3.05) is 13.2 Å². The number of rotatable bonds is 8. The minimum absolute atomic E-state index is 0.00433. The van der Waals surface area contributed by atoms with E-state index in [2.05, 4.69) is 22.4 Å². The lowest BCUT2D eigenvalue weighted by atomic mass is 9.67. The smallest absolute Gasteiger partial charge is 0.306 e. The number of nitrogens with zero attached hydrogens (tertiary/aromatic N) is 1. The molecule has 0 saturated heterocycles. The van der Waals surface area contributed by atoms with E-state index in [1.54, 1.807) is 6.20 Å². The van der Waals surface area contributed by atoms with Crippen LogP contribution in [-0.2, 0) is 27.8 Å². The van der Waals surface area contributed by atoms with Crippen molar-refractivity contribution >= 4 is 22.8 Å². The molecule has 2 aliphatic carbocycles. The number of hydrogen-bond acceptors (Lipinski definition) is 4. The fourth-order valence-corrected chi connectivity index (χ4v) is 5.78. The molecule has 0 radical (unpaired) electrons. The average molecular weight is 473 g/mol. The van der Waals surface area contributed by atoms with Gasteiger partial charge in [0.2, 0.25) is 5.91 Å². The summed E-state index contributed by atoms with van der Waals surface area (Å²) in [6, 6.07) is 16.2. The Morgan fingerprint density at radius 1 is 1.09 bits per heavy atom. The number of ether oxygens (including phenoxy) is 1. The lowest BCUT2D eigenvalue weighted by Gasteiger charge is -2.37. The number of hydrogen-bond donors (Lipinski definition) is 2. The summed E-state index contributed by atoms with van der Waals surface area (Å²) in [7, 11) is 0. The van der Waals surface area contributed by atoms with Gasteiger partial charge in [-0.25, -0.2) is 0 Å². The lowest BCUT2D eigenvalue weighted by Crippen LogP contribution is -2.32. The van der Waals surface area contributed by atoms with Crippen LogP contribution >= 0.6 is 0 Å². The molecule has 0 atom stereocenters. The highest BCUT2D eigenvalue weighted by atomic mass is 16.5. The largest absolute Gasteiger partial charge is 0.494 e. The Labute approximate surface area is 205 Å². The zero-order valence-electron chi connectivity index (χ0n) is 20.0. The van der Waals surface area contributed by atoms with E-state index in [4.69, 9.17) is 4.74 Å². The minimum atomic E-state index is -0.656. The van der Waals surface area contributed by atoms with Crippen LogP contribution in [-0.4, -0.2) is 35.1 Å². The number of aliphatic carboxylic acids is 1. The van der Waals surface area contributed by atoms with Crippen LogP contribution < -0.4 is 10.1 Å². The first-order valence-corrected chi connectivity index (χ1v) is 12.6. The lowest BCUT2D eigenvalue weighted by molar-refractivity contribution is -0.143. The average Bonchev–Trinajstić information content (AvgIpc) is 3.21. The summed E-state index contributed by atoms with van der Waals surface area (Å²) in [5.74, 6) is 0.0144. The predicted octanol–water partition coefficient (Wildman–Crippen LogP) is 4.82. The van der Waals surface area contributed by atoms with Crippen LogP contribution in [0.15, 0.2) is 54.7 Å². The maximum Gasteiger partial charge on any atom is 0.306 e. The van der Waals surface area contributed by atoms with E-state index in [1.807, 2.05) is 36.4 Å². The number of carboxylic acid groups (broad SMARTS) is 1. The molecule has 35 heavy (non-hydrogen) atoms. The van der Waals surface area contributed by atoms with E-state index in [1.165, 1.54) is 11.1 Å². The SMILES string of the molecule is O=C(Cc1ccc2ncccc2c1)NCCCOc1ccc2c(c1)C1(CC2)CCC(C(=O)O)CC1. The van der Waals surface area contributed by atoms with Gasteiger partial charge in [-0.2, -0.15) is 0 Å². The first kappa shape index (κ1) is 23.3. The van der Waals surface area contributed by atoms with Gasteiger partial charge in [-0.15, -0.1) is 0 Å². The molecule has 2 aromatic carbocycles. The summed E-state index contributed by atoms with van der Waals surface area (Å²) < 4.78 is 6.02. The van der Waals surface area contributed by atoms with Crippen LogP contribution in [0.5, 0.6) is 5.75 Å². The van der Waals surface area contributed by atoms with E-state index in [0.29, 0.717) is 19.6 Å². The fourth-order valence-electron chi connectivity index (χ4n) is 5.78. The number of carbonyl (C=O) groups excluding carboxylic acids is 1. The van der Waals surface area contributed by atoms with Crippen LogP contribution in [0, 0.1) is 5.92 Å². The van der Waals surface area contributed by atoms with E-state index in [-0.39, 0.29) is 17.2 Å². The topological polar surface area (TPSA) is 88.5 Å². The van der Waals surface area contributed by atoms with Gasteiger partial charge in [0.25, 0.3) is 0 Å². The van der Waals surface area contributed by atoms with E-state index < -0.39 is 5.97 Å². The van der Waals surface area contributed by atoms with Crippen molar-refractivity contribution in [1.29, 1.82) is 0 Å². The molecule has 0 bridgehead atoms. The Morgan fingerprint density at radius 2 is 1.94 bits per heavy atom. The highest BCUT2D eigenvalue weighted by molar-refractivity contribution is 5.83. The van der Waals surface area contributed by atoms with Crippen LogP contribution in [0.3, 0.4) is 0 Å². The molecule has 1 heterocycles. The van der Waals surface area contributed by atoms with Gasteiger partial charge < -0.3 is 15.2 Å². The maximum atomic E-state index is 12.3. The number of carbonyl (C=O) groups is 2. The van der Waals surface area contributed by atoms with Gasteiger partial charge in [-0.1, -0.05) is 18.2 Å². The summed E-state index contributed by atoms with van der Waals surface area (Å²) in [5, 5.41) is 13.4. The van der Waals surface area contributed by atoms with E-state index in [0.717, 1.165) is 67.2 Å². The first-order valence-electron chi connectivity index (χ1n) is 12.6. The predicted molar refractivity (Wildman–Crippen MR) is 135 cm³/mol. The molecule has 6 heteroatoms. The summed E-state index contributed by atoms with van der Waals surface area (Å²) >= 11 is 0. The number of nitrogens with one attached hydrogen (secondary N) is 1. The van der Waals surface area contributed by atoms with Gasteiger partial charge in [0.1, 0.15) is 5.75 Å². The van der Waals surface area contributed by atoms with Crippen molar-refractivity contribution in [3.8, 4) is 5.75 Å². The Kier molecular flexibility index (Phi) is 6.71. The molecule has 1 amide bonds. The van der Waals surface area contributed by atoms with Gasteiger partial charge in [0.15, 0.2) is 0 Å². The molecule has 5 rings (SSSR count). The summed E-state index contributed by atoms with van der Waals surface area (Å²) in [6.45, 7) is 1.11. The summed E-state index contributed by atoms with van der Waals surface area (Å²) in [5.41, 5.74) is 4.76. The third-order valence-electron chi connectivity index (χ3n) is 7.76. The second kappa shape index (κ2) is 10.1. The monoisotopic (exact) mass is 472 g/mol. The van der Waals surface area contributed by atoms with Gasteiger partial charge in [0.05, 0.1) is 24.5 Å². The fraction of sp³-hybridized carbons (Fsp3) is 0.414. The van der Waals surface area contributed by atoms with Crippen molar-refractivity contribution in [1.82, 2.24) is 10.3 Å². The molecule has 3 aromatic rings. The Bertz CT molecular complexity index is 1230. The van der Waals surface area contributed by atoms with Gasteiger partial charge in [-0.3, -0.25) is 14.6 Å². The first-order chi connectivity index (χ1) is 17.0. The molecule has 1 spiro atoms. The number of carboxylic acids is 1. The van der Waals surface area contributed by atoms with Gasteiger partial charge >= 0.3 is 5.97 Å². The van der Waals surface area contributed by atoms with Crippen LogP contribution in [0.25, 0.3) is 10.9 Å². The zero-order valence-corrected chi connectivity index (χ0v) is 20.0. The number of fused-ring (bicyclic) bond motifs is 3. The van der Waals surface area contributed by atoms with Crippen molar-refractivity contribution in [3.63, 3.8) is 0 Å².